The van der Waals surface area contributed by atoms with E-state index in [4.69, 9.17) is 4.74 Å². The van der Waals surface area contributed by atoms with Crippen molar-refractivity contribution in [3.05, 3.63) is 47.3 Å². The molecule has 1 aromatic carbocycles. The highest BCUT2D eigenvalue weighted by Gasteiger charge is 2.15. The first-order valence-corrected chi connectivity index (χ1v) is 10.3. The van der Waals surface area contributed by atoms with E-state index in [1.165, 1.54) is 19.3 Å². The van der Waals surface area contributed by atoms with E-state index in [2.05, 4.69) is 27.1 Å². The molecule has 150 valence electrons. The van der Waals surface area contributed by atoms with E-state index < -0.39 is 0 Å². The van der Waals surface area contributed by atoms with Gasteiger partial charge in [0.05, 0.1) is 18.8 Å². The minimum atomic E-state index is -0.115. The lowest BCUT2D eigenvalue weighted by molar-refractivity contribution is 0.0950. The van der Waals surface area contributed by atoms with Gasteiger partial charge >= 0.3 is 0 Å². The van der Waals surface area contributed by atoms with Crippen LogP contribution in [-0.4, -0.2) is 35.6 Å². The number of aryl methyl sites for hydroxylation is 1. The largest absolute Gasteiger partial charge is 0.494 e. The van der Waals surface area contributed by atoms with E-state index in [-0.39, 0.29) is 5.91 Å². The predicted octanol–water partition coefficient (Wildman–Crippen LogP) is 3.88. The van der Waals surface area contributed by atoms with Gasteiger partial charge < -0.3 is 15.0 Å². The van der Waals surface area contributed by atoms with Crippen molar-refractivity contribution >= 4 is 11.9 Å². The van der Waals surface area contributed by atoms with E-state index >= 15 is 0 Å². The molecule has 28 heavy (non-hydrogen) atoms. The number of piperidine rings is 1. The molecule has 3 rings (SSSR count). The number of benzene rings is 1. The molecule has 2 heterocycles. The third-order valence-electron chi connectivity index (χ3n) is 4.85. The van der Waals surface area contributed by atoms with Gasteiger partial charge in [0, 0.05) is 24.3 Å². The third-order valence-corrected chi connectivity index (χ3v) is 4.85. The van der Waals surface area contributed by atoms with E-state index in [1.807, 2.05) is 25.1 Å². The number of anilines is 1. The van der Waals surface area contributed by atoms with E-state index in [9.17, 15) is 4.79 Å². The number of carbonyl (C=O) groups excluding carboxylic acids is 1. The molecule has 0 radical (unpaired) electrons. The number of carbonyl (C=O) groups is 1. The van der Waals surface area contributed by atoms with Gasteiger partial charge in [-0.05, 0) is 62.9 Å². The Hall–Kier alpha value is -2.63. The van der Waals surface area contributed by atoms with E-state index in [0.717, 1.165) is 49.0 Å². The normalized spacial score (nSPS) is 14.0. The minimum Gasteiger partial charge on any atom is -0.494 e. The number of rotatable bonds is 8. The minimum absolute atomic E-state index is 0.115. The summed E-state index contributed by atoms with van der Waals surface area (Å²) in [6, 6.07) is 9.20. The molecule has 2 aromatic rings. The molecule has 0 unspecified atom stereocenters. The molecule has 6 nitrogen and oxygen atoms in total. The monoisotopic (exact) mass is 382 g/mol. The zero-order chi connectivity index (χ0) is 19.8. The van der Waals surface area contributed by atoms with Crippen LogP contribution in [0.5, 0.6) is 5.75 Å². The Balaban J connectivity index is 1.57. The summed E-state index contributed by atoms with van der Waals surface area (Å²) < 4.78 is 5.64. The van der Waals surface area contributed by atoms with Gasteiger partial charge in [-0.15, -0.1) is 0 Å². The summed E-state index contributed by atoms with van der Waals surface area (Å²) in [7, 11) is 0. The van der Waals surface area contributed by atoms with Crippen molar-refractivity contribution in [1.82, 2.24) is 15.3 Å². The van der Waals surface area contributed by atoms with Crippen molar-refractivity contribution in [3.63, 3.8) is 0 Å². The zero-order valence-corrected chi connectivity index (χ0v) is 16.9. The average Bonchev–Trinajstić information content (AvgIpc) is 2.73. The predicted molar refractivity (Wildman–Crippen MR) is 111 cm³/mol. The van der Waals surface area contributed by atoms with Crippen LogP contribution in [0, 0.1) is 6.92 Å². The Kier molecular flexibility index (Phi) is 7.23. The summed E-state index contributed by atoms with van der Waals surface area (Å²) >= 11 is 0. The van der Waals surface area contributed by atoms with Crippen LogP contribution in [-0.2, 0) is 6.54 Å². The van der Waals surface area contributed by atoms with Gasteiger partial charge in [0.25, 0.3) is 5.91 Å². The summed E-state index contributed by atoms with van der Waals surface area (Å²) in [5, 5.41) is 2.96. The van der Waals surface area contributed by atoms with Crippen molar-refractivity contribution in [3.8, 4) is 5.75 Å². The van der Waals surface area contributed by atoms with Crippen molar-refractivity contribution < 1.29 is 9.53 Å². The lowest BCUT2D eigenvalue weighted by atomic mass is 10.1. The Morgan fingerprint density at radius 1 is 1.14 bits per heavy atom. The fourth-order valence-electron chi connectivity index (χ4n) is 3.25. The van der Waals surface area contributed by atoms with Gasteiger partial charge in [-0.1, -0.05) is 13.3 Å². The Bertz CT molecular complexity index is 771. The third kappa shape index (κ3) is 5.68. The molecule has 0 saturated carbocycles. The van der Waals surface area contributed by atoms with E-state index in [0.29, 0.717) is 18.7 Å². The number of nitrogens with one attached hydrogen (secondary N) is 1. The van der Waals surface area contributed by atoms with Crippen LogP contribution in [0.15, 0.2) is 30.3 Å². The van der Waals surface area contributed by atoms with Gasteiger partial charge in [-0.3, -0.25) is 4.79 Å². The summed E-state index contributed by atoms with van der Waals surface area (Å²) in [6.45, 7) is 7.19. The smallest absolute Gasteiger partial charge is 0.251 e. The first kappa shape index (κ1) is 20.1. The van der Waals surface area contributed by atoms with Gasteiger partial charge in [0.2, 0.25) is 5.95 Å². The highest BCUT2D eigenvalue weighted by Crippen LogP contribution is 2.17. The Morgan fingerprint density at radius 3 is 2.61 bits per heavy atom. The van der Waals surface area contributed by atoms with Crippen molar-refractivity contribution in [2.45, 2.75) is 52.5 Å². The summed E-state index contributed by atoms with van der Waals surface area (Å²) in [5.41, 5.74) is 2.37. The second-order valence-corrected chi connectivity index (χ2v) is 7.26. The molecule has 0 bridgehead atoms. The summed E-state index contributed by atoms with van der Waals surface area (Å²) in [5.74, 6) is 1.45. The lowest BCUT2D eigenvalue weighted by Gasteiger charge is -2.27. The average molecular weight is 383 g/mol. The number of aromatic nitrogens is 2. The Labute approximate surface area is 167 Å². The molecule has 0 aliphatic carbocycles. The number of nitrogens with zero attached hydrogens (tertiary/aromatic N) is 3. The molecule has 6 heteroatoms. The summed E-state index contributed by atoms with van der Waals surface area (Å²) in [6.07, 6.45) is 5.76. The van der Waals surface area contributed by atoms with Crippen LogP contribution >= 0.6 is 0 Å². The fourth-order valence-corrected chi connectivity index (χ4v) is 3.25. The van der Waals surface area contributed by atoms with Crippen LogP contribution in [0.1, 0.15) is 60.8 Å². The topological polar surface area (TPSA) is 67.3 Å². The molecule has 1 aromatic heterocycles. The molecule has 1 N–H and O–H groups in total. The first-order chi connectivity index (χ1) is 13.7. The van der Waals surface area contributed by atoms with Crippen LogP contribution in [0.3, 0.4) is 0 Å². The van der Waals surface area contributed by atoms with Gasteiger partial charge in [-0.2, -0.15) is 0 Å². The van der Waals surface area contributed by atoms with Crippen molar-refractivity contribution in [1.29, 1.82) is 0 Å². The number of hydrogen-bond donors (Lipinski definition) is 1. The number of hydrogen-bond acceptors (Lipinski definition) is 5. The second-order valence-electron chi connectivity index (χ2n) is 7.26. The van der Waals surface area contributed by atoms with Crippen LogP contribution in [0.4, 0.5) is 5.95 Å². The number of ether oxygens (including phenoxy) is 1. The van der Waals surface area contributed by atoms with E-state index in [1.54, 1.807) is 12.1 Å². The molecular formula is C22H30N4O2. The van der Waals surface area contributed by atoms with Crippen LogP contribution < -0.4 is 15.0 Å². The quantitative estimate of drug-likeness (QED) is 0.702. The SMILES string of the molecule is CCCCOc1ccc(C(=O)NCc2cc(C)nc(N3CCCCC3)n2)cc1. The Morgan fingerprint density at radius 2 is 1.89 bits per heavy atom. The highest BCUT2D eigenvalue weighted by molar-refractivity contribution is 5.94. The molecular weight excluding hydrogens is 352 g/mol. The standard InChI is InChI=1S/C22H30N4O2/c1-3-4-14-28-20-10-8-18(9-11-20)21(27)23-16-19-15-17(2)24-22(25-19)26-12-6-5-7-13-26/h8-11,15H,3-7,12-14,16H2,1-2H3,(H,23,27). The first-order valence-electron chi connectivity index (χ1n) is 10.3. The van der Waals surface area contributed by atoms with Gasteiger partial charge in [-0.25, -0.2) is 9.97 Å². The molecule has 1 aliphatic heterocycles. The maximum Gasteiger partial charge on any atom is 0.251 e. The molecule has 1 fully saturated rings. The molecule has 1 saturated heterocycles. The number of unbranched alkanes of at least 4 members (excludes halogenated alkanes) is 1. The van der Waals surface area contributed by atoms with Crippen LogP contribution in [0.2, 0.25) is 0 Å². The van der Waals surface area contributed by atoms with Crippen LogP contribution in [0.25, 0.3) is 0 Å². The second kappa shape index (κ2) is 10.1. The highest BCUT2D eigenvalue weighted by atomic mass is 16.5. The van der Waals surface area contributed by atoms with Crippen molar-refractivity contribution in [2.24, 2.45) is 0 Å². The van der Waals surface area contributed by atoms with Crippen molar-refractivity contribution in [2.75, 3.05) is 24.6 Å². The fraction of sp³-hybridized carbons (Fsp3) is 0.500. The summed E-state index contributed by atoms with van der Waals surface area (Å²) in [4.78, 5) is 23.9. The lowest BCUT2D eigenvalue weighted by Crippen LogP contribution is -2.31. The molecule has 1 amide bonds. The number of amides is 1. The molecule has 1 aliphatic rings. The maximum atomic E-state index is 12.5. The molecule has 0 spiro atoms. The van der Waals surface area contributed by atoms with Gasteiger partial charge in [0.1, 0.15) is 5.75 Å². The van der Waals surface area contributed by atoms with Gasteiger partial charge in [0.15, 0.2) is 0 Å². The maximum absolute atomic E-state index is 12.5. The molecule has 0 atom stereocenters. The zero-order valence-electron chi connectivity index (χ0n) is 16.9.